The summed E-state index contributed by atoms with van der Waals surface area (Å²) in [5, 5.41) is 8.89. The molecular formula is C14H20N6O. The molecule has 4 N–H and O–H groups in total. The maximum atomic E-state index is 11.7. The van der Waals surface area contributed by atoms with Gasteiger partial charge >= 0.3 is 0 Å². The van der Waals surface area contributed by atoms with Crippen LogP contribution in [0.5, 0.6) is 0 Å². The molecule has 0 unspecified atom stereocenters. The third-order valence-corrected chi connectivity index (χ3v) is 3.11. The van der Waals surface area contributed by atoms with Gasteiger partial charge in [0.25, 0.3) is 5.91 Å². The van der Waals surface area contributed by atoms with Gasteiger partial charge in [0.2, 0.25) is 11.8 Å². The van der Waals surface area contributed by atoms with Crippen LogP contribution >= 0.6 is 0 Å². The molecule has 0 radical (unpaired) electrons. The van der Waals surface area contributed by atoms with Crippen molar-refractivity contribution < 1.29 is 4.79 Å². The predicted octanol–water partition coefficient (Wildman–Crippen LogP) is 1.03. The Morgan fingerprint density at radius 3 is 2.76 bits per heavy atom. The van der Waals surface area contributed by atoms with E-state index in [1.807, 2.05) is 18.2 Å². The van der Waals surface area contributed by atoms with Gasteiger partial charge in [0.15, 0.2) is 0 Å². The van der Waals surface area contributed by atoms with Gasteiger partial charge in [-0.05, 0) is 25.5 Å². The summed E-state index contributed by atoms with van der Waals surface area (Å²) in [5.74, 6) is -0.0775. The third-order valence-electron chi connectivity index (χ3n) is 3.11. The van der Waals surface area contributed by atoms with E-state index < -0.39 is 0 Å². The van der Waals surface area contributed by atoms with E-state index in [0.717, 1.165) is 19.5 Å². The molecule has 1 amide bonds. The third kappa shape index (κ3) is 4.20. The van der Waals surface area contributed by atoms with Crippen LogP contribution in [-0.2, 0) is 0 Å². The molecule has 1 aromatic carbocycles. The van der Waals surface area contributed by atoms with Crippen LogP contribution in [0.25, 0.3) is 0 Å². The van der Waals surface area contributed by atoms with Crippen LogP contribution in [0.3, 0.4) is 0 Å². The number of carbonyl (C=O) groups is 1. The number of hydrogen-bond acceptors (Lipinski definition) is 5. The van der Waals surface area contributed by atoms with Gasteiger partial charge in [0.05, 0.1) is 0 Å². The molecule has 0 atom stereocenters. The normalized spacial score (nSPS) is 10.3. The Bertz CT molecular complexity index is 568. The summed E-state index contributed by atoms with van der Waals surface area (Å²) in [7, 11) is 0. The van der Waals surface area contributed by atoms with Crippen molar-refractivity contribution in [2.24, 2.45) is 0 Å². The van der Waals surface area contributed by atoms with E-state index in [2.05, 4.69) is 44.5 Å². The number of benzene rings is 1. The number of nitrogens with two attached hydrogens (primary N) is 1. The zero-order chi connectivity index (χ0) is 15.1. The van der Waals surface area contributed by atoms with Crippen molar-refractivity contribution >= 4 is 17.5 Å². The molecule has 1 heterocycles. The first-order chi connectivity index (χ1) is 10.2. The molecule has 0 aliphatic heterocycles. The summed E-state index contributed by atoms with van der Waals surface area (Å²) < 4.78 is 0. The maximum Gasteiger partial charge on any atom is 0.288 e. The average Bonchev–Trinajstić information content (AvgIpc) is 2.95. The fourth-order valence-electron chi connectivity index (χ4n) is 2.04. The highest BCUT2D eigenvalue weighted by Gasteiger charge is 2.10. The zero-order valence-corrected chi connectivity index (χ0v) is 12.0. The van der Waals surface area contributed by atoms with E-state index in [1.165, 1.54) is 5.69 Å². The average molecular weight is 288 g/mol. The van der Waals surface area contributed by atoms with Gasteiger partial charge in [0, 0.05) is 25.3 Å². The molecule has 0 fully saturated rings. The monoisotopic (exact) mass is 288 g/mol. The Balaban J connectivity index is 1.75. The Hall–Kier alpha value is -2.57. The lowest BCUT2D eigenvalue weighted by atomic mass is 10.2. The van der Waals surface area contributed by atoms with Crippen molar-refractivity contribution in [3.05, 3.63) is 36.2 Å². The lowest BCUT2D eigenvalue weighted by Gasteiger charge is -2.23. The summed E-state index contributed by atoms with van der Waals surface area (Å²) in [6.45, 7) is 4.49. The number of amides is 1. The number of H-pyrrole nitrogens is 1. The standard InChI is InChI=1S/C14H20N6O/c1-2-20(11-7-4-3-5-8-11)10-6-9-16-13(21)12-17-14(15)19-18-12/h3-5,7-8H,2,6,9-10H2,1H3,(H,16,21)(H3,15,17,18,19). The number of rotatable bonds is 7. The van der Waals surface area contributed by atoms with Crippen molar-refractivity contribution in [3.63, 3.8) is 0 Å². The van der Waals surface area contributed by atoms with Crippen LogP contribution in [0.15, 0.2) is 30.3 Å². The zero-order valence-electron chi connectivity index (χ0n) is 12.0. The lowest BCUT2D eigenvalue weighted by Crippen LogP contribution is -2.30. The van der Waals surface area contributed by atoms with Crippen LogP contribution in [0.1, 0.15) is 24.0 Å². The molecular weight excluding hydrogens is 268 g/mol. The van der Waals surface area contributed by atoms with Crippen molar-refractivity contribution in [1.29, 1.82) is 0 Å². The molecule has 1 aromatic heterocycles. The maximum absolute atomic E-state index is 11.7. The van der Waals surface area contributed by atoms with Crippen molar-refractivity contribution in [3.8, 4) is 0 Å². The highest BCUT2D eigenvalue weighted by Crippen LogP contribution is 2.12. The highest BCUT2D eigenvalue weighted by molar-refractivity contribution is 5.90. The van der Waals surface area contributed by atoms with Crippen LogP contribution in [0, 0.1) is 0 Å². The summed E-state index contributed by atoms with van der Waals surface area (Å²) in [5.41, 5.74) is 6.54. The van der Waals surface area contributed by atoms with Gasteiger partial charge < -0.3 is 16.0 Å². The SMILES string of the molecule is CCN(CCCNC(=O)c1nc(N)n[nH]1)c1ccccc1. The largest absolute Gasteiger partial charge is 0.372 e. The molecule has 7 nitrogen and oxygen atoms in total. The van der Waals surface area contributed by atoms with E-state index >= 15 is 0 Å². The molecule has 0 aliphatic carbocycles. The van der Waals surface area contributed by atoms with E-state index in [4.69, 9.17) is 5.73 Å². The van der Waals surface area contributed by atoms with Crippen LogP contribution < -0.4 is 16.0 Å². The van der Waals surface area contributed by atoms with Crippen molar-refractivity contribution in [2.45, 2.75) is 13.3 Å². The number of anilines is 2. The second-order valence-electron chi connectivity index (χ2n) is 4.57. The fourth-order valence-corrected chi connectivity index (χ4v) is 2.04. The molecule has 21 heavy (non-hydrogen) atoms. The molecule has 2 aromatic rings. The molecule has 0 saturated carbocycles. The Morgan fingerprint density at radius 2 is 2.14 bits per heavy atom. The predicted molar refractivity (Wildman–Crippen MR) is 82.1 cm³/mol. The summed E-state index contributed by atoms with van der Waals surface area (Å²) in [6, 6.07) is 10.2. The quantitative estimate of drug-likeness (QED) is 0.661. The number of aromatic amines is 1. The number of nitrogens with zero attached hydrogens (tertiary/aromatic N) is 3. The van der Waals surface area contributed by atoms with Gasteiger partial charge in [-0.15, -0.1) is 5.10 Å². The van der Waals surface area contributed by atoms with Gasteiger partial charge in [0.1, 0.15) is 0 Å². The van der Waals surface area contributed by atoms with Gasteiger partial charge in [-0.25, -0.2) is 0 Å². The minimum absolute atomic E-state index is 0.0707. The number of nitrogens with one attached hydrogen (secondary N) is 2. The summed E-state index contributed by atoms with van der Waals surface area (Å²) in [6.07, 6.45) is 0.845. The minimum Gasteiger partial charge on any atom is -0.372 e. The van der Waals surface area contributed by atoms with Crippen molar-refractivity contribution in [1.82, 2.24) is 20.5 Å². The summed E-state index contributed by atoms with van der Waals surface area (Å²) in [4.78, 5) is 17.8. The first-order valence-electron chi connectivity index (χ1n) is 6.96. The van der Waals surface area contributed by atoms with Gasteiger partial charge in [-0.1, -0.05) is 18.2 Å². The number of aromatic nitrogens is 3. The first kappa shape index (κ1) is 14.8. The Morgan fingerprint density at radius 1 is 1.38 bits per heavy atom. The fraction of sp³-hybridized carbons (Fsp3) is 0.357. The van der Waals surface area contributed by atoms with Crippen LogP contribution in [0.2, 0.25) is 0 Å². The van der Waals surface area contributed by atoms with Crippen LogP contribution in [-0.4, -0.2) is 40.7 Å². The molecule has 0 aliphatic rings. The van der Waals surface area contributed by atoms with E-state index in [-0.39, 0.29) is 17.7 Å². The lowest BCUT2D eigenvalue weighted by molar-refractivity contribution is 0.0943. The second-order valence-corrected chi connectivity index (χ2v) is 4.57. The first-order valence-corrected chi connectivity index (χ1v) is 6.96. The Kier molecular flexibility index (Phi) is 5.14. The summed E-state index contributed by atoms with van der Waals surface area (Å²) >= 11 is 0. The van der Waals surface area contributed by atoms with Crippen molar-refractivity contribution in [2.75, 3.05) is 30.3 Å². The molecule has 7 heteroatoms. The van der Waals surface area contributed by atoms with Crippen LogP contribution in [0.4, 0.5) is 11.6 Å². The number of carbonyl (C=O) groups excluding carboxylic acids is 1. The van der Waals surface area contributed by atoms with Gasteiger partial charge in [-0.2, -0.15) is 4.98 Å². The molecule has 0 bridgehead atoms. The molecule has 0 spiro atoms. The molecule has 112 valence electrons. The number of nitrogen functional groups attached to an aromatic ring is 1. The van der Waals surface area contributed by atoms with E-state index in [1.54, 1.807) is 0 Å². The highest BCUT2D eigenvalue weighted by atomic mass is 16.2. The van der Waals surface area contributed by atoms with E-state index in [0.29, 0.717) is 6.54 Å². The number of para-hydroxylation sites is 1. The molecule has 2 rings (SSSR count). The molecule has 0 saturated heterocycles. The smallest absolute Gasteiger partial charge is 0.288 e. The topological polar surface area (TPSA) is 99.9 Å². The Labute approximate surface area is 123 Å². The van der Waals surface area contributed by atoms with Gasteiger partial charge in [-0.3, -0.25) is 9.89 Å². The second kappa shape index (κ2) is 7.28. The number of hydrogen-bond donors (Lipinski definition) is 3. The van der Waals surface area contributed by atoms with E-state index in [9.17, 15) is 4.79 Å². The minimum atomic E-state index is -0.290.